The maximum atomic E-state index is 13.0. The lowest BCUT2D eigenvalue weighted by molar-refractivity contribution is -0.332. The molecule has 0 aromatic heterocycles. The predicted octanol–water partition coefficient (Wildman–Crippen LogP) is 7.27. The van der Waals surface area contributed by atoms with Crippen LogP contribution in [0.4, 0.5) is 0 Å². The number of allylic oxidation sites excluding steroid dienone is 10. The number of rotatable bonds is 39. The molecule has 0 aromatic rings. The molecule has 15 heteroatoms. The SMILES string of the molecule is CC/C=C/C/C=C/C/C=C/CCCCCCCC(=O)OC[C@H](CO[C@H]1O[C@@H](CO[C@H]2O[C@@H](CO)[C@@H](O)C(O)C2O)[C@@H](O)C(O)C1O)OC(=O)CCCCCCCCC/C=C/C/C=C/CCCCC. The van der Waals surface area contributed by atoms with Gasteiger partial charge in [-0.3, -0.25) is 9.59 Å². The molecular formula is C53H90O15. The Labute approximate surface area is 407 Å². The summed E-state index contributed by atoms with van der Waals surface area (Å²) in [6.07, 6.45) is 28.1. The predicted molar refractivity (Wildman–Crippen MR) is 261 cm³/mol. The van der Waals surface area contributed by atoms with Crippen LogP contribution >= 0.6 is 0 Å². The molecule has 0 bridgehead atoms. The van der Waals surface area contributed by atoms with E-state index in [0.717, 1.165) is 109 Å². The number of ether oxygens (including phenoxy) is 6. The molecule has 4 unspecified atom stereocenters. The quantitative estimate of drug-likeness (QED) is 0.0183. The van der Waals surface area contributed by atoms with E-state index in [9.17, 15) is 45.3 Å². The lowest BCUT2D eigenvalue weighted by Crippen LogP contribution is -2.61. The highest BCUT2D eigenvalue weighted by atomic mass is 16.7. The Morgan fingerprint density at radius 3 is 1.46 bits per heavy atom. The van der Waals surface area contributed by atoms with Gasteiger partial charge in [0.2, 0.25) is 0 Å². The van der Waals surface area contributed by atoms with Crippen LogP contribution in [0.15, 0.2) is 60.8 Å². The summed E-state index contributed by atoms with van der Waals surface area (Å²) in [6.45, 7) is 2.42. The van der Waals surface area contributed by atoms with Crippen molar-refractivity contribution in [3.8, 4) is 0 Å². The first-order valence-corrected chi connectivity index (χ1v) is 25.9. The fourth-order valence-corrected chi connectivity index (χ4v) is 7.73. The van der Waals surface area contributed by atoms with Gasteiger partial charge < -0.3 is 64.2 Å². The van der Waals surface area contributed by atoms with Gasteiger partial charge in [-0.05, 0) is 77.0 Å². The molecule has 7 N–H and O–H groups in total. The molecule has 0 aromatic carbocycles. The van der Waals surface area contributed by atoms with Crippen molar-refractivity contribution in [1.29, 1.82) is 0 Å². The maximum Gasteiger partial charge on any atom is 0.306 e. The first kappa shape index (κ1) is 61.3. The molecule has 2 heterocycles. The van der Waals surface area contributed by atoms with Gasteiger partial charge in [0.25, 0.3) is 0 Å². The maximum absolute atomic E-state index is 13.0. The highest BCUT2D eigenvalue weighted by Gasteiger charge is 2.47. The summed E-state index contributed by atoms with van der Waals surface area (Å²) in [5.41, 5.74) is 0. The minimum absolute atomic E-state index is 0.150. The molecule has 0 radical (unpaired) electrons. The number of carbonyl (C=O) groups is 2. The molecule has 68 heavy (non-hydrogen) atoms. The summed E-state index contributed by atoms with van der Waals surface area (Å²) in [5, 5.41) is 72.1. The zero-order chi connectivity index (χ0) is 49.6. The van der Waals surface area contributed by atoms with E-state index >= 15 is 0 Å². The van der Waals surface area contributed by atoms with E-state index in [-0.39, 0.29) is 19.4 Å². The fourth-order valence-electron chi connectivity index (χ4n) is 7.73. The number of esters is 2. The van der Waals surface area contributed by atoms with Gasteiger partial charge in [-0.15, -0.1) is 0 Å². The molecular weight excluding hydrogens is 877 g/mol. The zero-order valence-corrected chi connectivity index (χ0v) is 41.3. The minimum atomic E-state index is -1.77. The Kier molecular flexibility index (Phi) is 36.0. The normalized spacial score (nSPS) is 26.2. The smallest absolute Gasteiger partial charge is 0.306 e. The standard InChI is InChI=1S/C53H90O15/c1-3-5-7-9-11-13-15-17-19-20-22-24-26-28-30-32-34-36-45(56)66-41(38-63-44(55)35-33-31-29-27-25-23-21-18-16-14-12-10-8-6-4-2)39-64-52-51(62)49(60)47(58)43(68-52)40-65-53-50(61)48(59)46(57)42(37-54)67-53/h6,8,11-14,17-19,21,41-43,46-54,57-62H,3-5,7,9-10,15-16,20,22-40H2,1-2H3/b8-6+,13-11+,14-12+,19-17+,21-18+/t41-,42+,43+,46-,47-,48?,49?,50?,51?,52+,53+/m1/s1. The summed E-state index contributed by atoms with van der Waals surface area (Å²) in [4.78, 5) is 25.8. The second-order valence-electron chi connectivity index (χ2n) is 18.0. The Morgan fingerprint density at radius 1 is 0.485 bits per heavy atom. The van der Waals surface area contributed by atoms with Gasteiger partial charge in [0.15, 0.2) is 18.7 Å². The van der Waals surface area contributed by atoms with Crippen LogP contribution in [0.1, 0.15) is 168 Å². The first-order chi connectivity index (χ1) is 33.0. The van der Waals surface area contributed by atoms with E-state index < -0.39 is 99.3 Å². The Hall–Kier alpha value is -2.80. The summed E-state index contributed by atoms with van der Waals surface area (Å²) in [7, 11) is 0. The van der Waals surface area contributed by atoms with Crippen molar-refractivity contribution in [3.05, 3.63) is 60.8 Å². The largest absolute Gasteiger partial charge is 0.462 e. The first-order valence-electron chi connectivity index (χ1n) is 25.9. The van der Waals surface area contributed by atoms with Crippen LogP contribution in [0.25, 0.3) is 0 Å². The molecule has 11 atom stereocenters. The second-order valence-corrected chi connectivity index (χ2v) is 18.0. The van der Waals surface area contributed by atoms with Gasteiger partial charge in [-0.25, -0.2) is 0 Å². The molecule has 0 aliphatic carbocycles. The van der Waals surface area contributed by atoms with Gasteiger partial charge >= 0.3 is 11.9 Å². The summed E-state index contributed by atoms with van der Waals surface area (Å²) in [5.74, 6) is -0.957. The molecule has 2 rings (SSSR count). The Morgan fingerprint density at radius 2 is 0.926 bits per heavy atom. The third kappa shape index (κ3) is 27.6. The lowest BCUT2D eigenvalue weighted by atomic mass is 9.98. The van der Waals surface area contributed by atoms with Crippen LogP contribution in [0.5, 0.6) is 0 Å². The Balaban J connectivity index is 1.82. The number of unbranched alkanes of at least 4 members (excludes halogenated alkanes) is 15. The minimum Gasteiger partial charge on any atom is -0.462 e. The van der Waals surface area contributed by atoms with E-state index in [4.69, 9.17) is 28.4 Å². The third-order valence-electron chi connectivity index (χ3n) is 12.0. The van der Waals surface area contributed by atoms with Crippen LogP contribution in [-0.2, 0) is 38.0 Å². The topological polar surface area (TPSA) is 231 Å². The zero-order valence-electron chi connectivity index (χ0n) is 41.3. The van der Waals surface area contributed by atoms with Gasteiger partial charge in [-0.2, -0.15) is 0 Å². The molecule has 2 aliphatic heterocycles. The van der Waals surface area contributed by atoms with Crippen LogP contribution in [0.2, 0.25) is 0 Å². The van der Waals surface area contributed by atoms with Crippen molar-refractivity contribution in [2.24, 2.45) is 0 Å². The van der Waals surface area contributed by atoms with Gasteiger partial charge in [0, 0.05) is 12.8 Å². The van der Waals surface area contributed by atoms with Gasteiger partial charge in [0.1, 0.15) is 55.4 Å². The van der Waals surface area contributed by atoms with Crippen molar-refractivity contribution in [3.63, 3.8) is 0 Å². The number of aliphatic hydroxyl groups is 7. The lowest BCUT2D eigenvalue weighted by Gasteiger charge is -2.42. The Bertz CT molecular complexity index is 1420. The van der Waals surface area contributed by atoms with Crippen molar-refractivity contribution in [1.82, 2.24) is 0 Å². The molecule has 0 spiro atoms. The number of aliphatic hydroxyl groups excluding tert-OH is 7. The van der Waals surface area contributed by atoms with Crippen LogP contribution in [0, 0.1) is 0 Å². The molecule has 0 amide bonds. The van der Waals surface area contributed by atoms with Gasteiger partial charge in [0.05, 0.1) is 19.8 Å². The highest BCUT2D eigenvalue weighted by molar-refractivity contribution is 5.70. The number of hydrogen-bond donors (Lipinski definition) is 7. The summed E-state index contributed by atoms with van der Waals surface area (Å²) in [6, 6.07) is 0. The average molecular weight is 967 g/mol. The number of hydrogen-bond acceptors (Lipinski definition) is 15. The molecule has 392 valence electrons. The van der Waals surface area contributed by atoms with E-state index in [2.05, 4.69) is 74.6 Å². The van der Waals surface area contributed by atoms with E-state index in [1.165, 1.54) is 19.3 Å². The second kappa shape index (κ2) is 39.9. The van der Waals surface area contributed by atoms with Crippen LogP contribution in [0.3, 0.4) is 0 Å². The fraction of sp³-hybridized carbons (Fsp3) is 0.774. The monoisotopic (exact) mass is 967 g/mol. The van der Waals surface area contributed by atoms with Crippen LogP contribution in [-0.4, -0.2) is 142 Å². The van der Waals surface area contributed by atoms with Crippen molar-refractivity contribution in [2.75, 3.05) is 26.4 Å². The average Bonchev–Trinajstić information content (AvgIpc) is 3.33. The molecule has 2 saturated heterocycles. The van der Waals surface area contributed by atoms with E-state index in [1.54, 1.807) is 0 Å². The molecule has 2 fully saturated rings. The van der Waals surface area contributed by atoms with Crippen molar-refractivity contribution < 1.29 is 73.8 Å². The molecule has 2 aliphatic rings. The van der Waals surface area contributed by atoms with Crippen molar-refractivity contribution >= 4 is 11.9 Å². The van der Waals surface area contributed by atoms with Crippen molar-refractivity contribution in [2.45, 2.75) is 235 Å². The van der Waals surface area contributed by atoms with Gasteiger partial charge in [-0.1, -0.05) is 139 Å². The van der Waals surface area contributed by atoms with Crippen LogP contribution < -0.4 is 0 Å². The number of carbonyl (C=O) groups excluding carboxylic acids is 2. The summed E-state index contributed by atoms with van der Waals surface area (Å²) >= 11 is 0. The highest BCUT2D eigenvalue weighted by Crippen LogP contribution is 2.26. The summed E-state index contributed by atoms with van der Waals surface area (Å²) < 4.78 is 33.6. The third-order valence-corrected chi connectivity index (χ3v) is 12.0. The van der Waals surface area contributed by atoms with E-state index in [1.807, 2.05) is 0 Å². The molecule has 15 nitrogen and oxygen atoms in total. The molecule has 0 saturated carbocycles. The van der Waals surface area contributed by atoms with E-state index in [0.29, 0.717) is 12.8 Å².